The second-order valence-electron chi connectivity index (χ2n) is 29.2. The van der Waals surface area contributed by atoms with E-state index in [4.69, 9.17) is 0 Å². The molecule has 3 aliphatic rings. The minimum Gasteiger partial charge on any atom is -0.508 e. The van der Waals surface area contributed by atoms with Crippen molar-refractivity contribution in [2.45, 2.75) is 105 Å². The predicted molar refractivity (Wildman–Crippen MR) is 411 cm³/mol. The Morgan fingerprint density at radius 3 is 1.23 bits per heavy atom. The summed E-state index contributed by atoms with van der Waals surface area (Å²) in [5, 5.41) is 111. The summed E-state index contributed by atoms with van der Waals surface area (Å²) in [6.45, 7) is 15.8. The Kier molecular flexibility index (Phi) is 30.2. The number of rotatable bonds is 32. The van der Waals surface area contributed by atoms with Crippen LogP contribution in [0.2, 0.25) is 0 Å². The van der Waals surface area contributed by atoms with Gasteiger partial charge in [0.15, 0.2) is 11.6 Å². The summed E-state index contributed by atoms with van der Waals surface area (Å²) in [5.41, 5.74) is 4.47. The zero-order valence-corrected chi connectivity index (χ0v) is 64.8. The largest absolute Gasteiger partial charge is 0.508 e. The lowest BCUT2D eigenvalue weighted by molar-refractivity contribution is -0.145. The summed E-state index contributed by atoms with van der Waals surface area (Å²) in [6, 6.07) is 18.0. The summed E-state index contributed by atoms with van der Waals surface area (Å²) < 4.78 is 3.07. The summed E-state index contributed by atoms with van der Waals surface area (Å²) in [4.78, 5) is 147. The highest BCUT2D eigenvalue weighted by molar-refractivity contribution is 5.94. The number of amides is 6. The molecule has 3 aliphatic heterocycles. The van der Waals surface area contributed by atoms with Gasteiger partial charge in [-0.3, -0.25) is 86.5 Å². The van der Waals surface area contributed by atoms with E-state index in [0.717, 1.165) is 11.1 Å². The lowest BCUT2D eigenvalue weighted by Gasteiger charge is -2.36. The van der Waals surface area contributed by atoms with Crippen molar-refractivity contribution < 1.29 is 88.8 Å². The number of phenolic OH excluding ortho intramolecular Hbond substituents is 4. The van der Waals surface area contributed by atoms with E-state index >= 15 is 0 Å². The molecule has 36 heteroatoms. The Morgan fingerprint density at radius 2 is 0.850 bits per heavy atom. The van der Waals surface area contributed by atoms with Gasteiger partial charge in [0.05, 0.1) is 36.7 Å². The van der Waals surface area contributed by atoms with E-state index in [1.54, 1.807) is 79.3 Å². The quantitative estimate of drug-likeness (QED) is 0.0288. The Balaban J connectivity index is 0.862. The second kappa shape index (κ2) is 39.8. The molecule has 3 fully saturated rings. The van der Waals surface area contributed by atoms with Crippen LogP contribution in [0.5, 0.6) is 23.0 Å². The number of aliphatic carboxylic acids is 4. The molecule has 113 heavy (non-hydrogen) atoms. The van der Waals surface area contributed by atoms with E-state index in [9.17, 15) is 88.8 Å². The lowest BCUT2D eigenvalue weighted by Crippen LogP contribution is -2.55. The van der Waals surface area contributed by atoms with Crippen molar-refractivity contribution in [3.8, 4) is 57.1 Å². The van der Waals surface area contributed by atoms with Gasteiger partial charge in [-0.15, -0.1) is 20.4 Å². The molecule has 0 spiro atoms. The number of carbonyl (C=O) groups is 10. The van der Waals surface area contributed by atoms with E-state index in [1.165, 1.54) is 28.5 Å². The predicted octanol–water partition coefficient (Wildman–Crippen LogP) is 2.08. The van der Waals surface area contributed by atoms with E-state index in [-0.39, 0.29) is 148 Å². The van der Waals surface area contributed by atoms with Crippen LogP contribution in [0.1, 0.15) is 123 Å². The minimum atomic E-state index is -1.34. The standard InChI is InChI=1S/C77H104N18O18/c1-8-78-74(109)71-84-82-69(57-37-55(47(3)4)60(96)39-62(57)98)94(71)53-14-10-50(11-15-53)42-86-26-32-92(33-27-86)65(101)36-52(41-80-64(100)19-18-59(77(112)113)91-30-24-89(45-67(104)105)22-20-88(44-66(102)103)21-23-90(25-31-91)46-68(106)107)73(108)81-49(7)76(111)93-34-28-87(29-35-93)43-51-12-16-54(17-13-51)95-70(83-85-72(95)75(110)79-9-2)58-38-56(48(5)6)61(97)40-63(58)99/h10-17,37-40,47-49,52,59,96-99H,8-9,18-36,41-46H2,1-7H3,(H,78,109)(H,79,110)(H,80,100)(H,81,108)(H,102,103)(H,104,105)(H,106,107)(H,112,113)/t49-,52?,59+/m0/s1. The van der Waals surface area contributed by atoms with Crippen molar-refractivity contribution in [3.05, 3.63) is 107 Å². The lowest BCUT2D eigenvalue weighted by atomic mass is 9.98. The smallest absolute Gasteiger partial charge is 0.320 e. The number of piperazine rings is 2. The highest BCUT2D eigenvalue weighted by Crippen LogP contribution is 2.40. The van der Waals surface area contributed by atoms with Crippen molar-refractivity contribution in [1.82, 2.24) is 90.0 Å². The summed E-state index contributed by atoms with van der Waals surface area (Å²) >= 11 is 0. The molecule has 3 saturated heterocycles. The third kappa shape index (κ3) is 23.0. The van der Waals surface area contributed by atoms with E-state index in [2.05, 4.69) is 51.5 Å². The Morgan fingerprint density at radius 1 is 0.460 bits per heavy atom. The van der Waals surface area contributed by atoms with Crippen LogP contribution in [-0.4, -0.2) is 325 Å². The average Bonchev–Trinajstić information content (AvgIpc) is 1.66. The molecular formula is C77H104N18O18. The van der Waals surface area contributed by atoms with Crippen molar-refractivity contribution in [1.29, 1.82) is 0 Å². The van der Waals surface area contributed by atoms with E-state index < -0.39 is 110 Å². The molecular weight excluding hydrogens is 1460 g/mol. The average molecular weight is 1570 g/mol. The Labute approximate surface area is 653 Å². The molecule has 610 valence electrons. The first-order valence-corrected chi connectivity index (χ1v) is 38.1. The van der Waals surface area contributed by atoms with Gasteiger partial charge in [0.2, 0.25) is 35.3 Å². The number of nitrogens with zero attached hydrogens (tertiary/aromatic N) is 14. The van der Waals surface area contributed by atoms with Crippen LogP contribution >= 0.6 is 0 Å². The fraction of sp³-hybridized carbons (Fsp3) is 0.506. The van der Waals surface area contributed by atoms with Crippen LogP contribution in [-0.2, 0) is 51.4 Å². The number of hydrogen-bond donors (Lipinski definition) is 12. The van der Waals surface area contributed by atoms with Gasteiger partial charge in [0, 0.05) is 174 Å². The van der Waals surface area contributed by atoms with Gasteiger partial charge in [-0.05, 0) is 97.7 Å². The molecule has 12 N–H and O–H groups in total. The van der Waals surface area contributed by atoms with Gasteiger partial charge in [-0.25, -0.2) is 0 Å². The second-order valence-corrected chi connectivity index (χ2v) is 29.2. The van der Waals surface area contributed by atoms with Crippen molar-refractivity contribution in [2.75, 3.05) is 144 Å². The molecule has 36 nitrogen and oxygen atoms in total. The van der Waals surface area contributed by atoms with Gasteiger partial charge >= 0.3 is 23.9 Å². The molecule has 4 aromatic carbocycles. The number of carboxylic acid groups (broad SMARTS) is 4. The maximum absolute atomic E-state index is 14.6. The minimum absolute atomic E-state index is 0.0183. The molecule has 0 radical (unpaired) electrons. The van der Waals surface area contributed by atoms with Crippen LogP contribution < -0.4 is 21.3 Å². The zero-order chi connectivity index (χ0) is 81.9. The van der Waals surface area contributed by atoms with E-state index in [1.807, 2.05) is 52.0 Å². The fourth-order valence-corrected chi connectivity index (χ4v) is 14.2. The zero-order valence-electron chi connectivity index (χ0n) is 64.8. The SMILES string of the molecule is CCNC(=O)c1nnc(-c2cc(C(C)C)c(O)cc2O)n1-c1ccc(CN2CCN(C(=O)CC(CNC(=O)CC[C@H](C(=O)O)N3CCN(CC(=O)O)CCN(CC(=O)O)CCN(CC(=O)O)CC3)C(=O)N[C@@H](C)C(=O)N3CCN(Cc4ccc(-n5c(C(=O)NCC)nnc5-c5cc(C(C)C)c(O)cc5O)cc4)CC3)CC2)cc1. The van der Waals surface area contributed by atoms with Gasteiger partial charge < -0.3 is 71.9 Å². The van der Waals surface area contributed by atoms with E-state index in [0.29, 0.717) is 87.9 Å². The number of aromatic hydroxyl groups is 4. The number of phenols is 4. The van der Waals surface area contributed by atoms with Gasteiger partial charge in [-0.2, -0.15) is 0 Å². The molecule has 0 aliphatic carbocycles. The maximum atomic E-state index is 14.6. The molecule has 2 aromatic heterocycles. The van der Waals surface area contributed by atoms with Crippen LogP contribution in [0.25, 0.3) is 34.2 Å². The molecule has 6 amide bonds. The van der Waals surface area contributed by atoms with Crippen LogP contribution in [0.4, 0.5) is 0 Å². The third-order valence-electron chi connectivity index (χ3n) is 20.4. The highest BCUT2D eigenvalue weighted by atomic mass is 16.4. The number of nitrogens with one attached hydrogen (secondary N) is 4. The number of hydrogen-bond acceptors (Lipinski definition) is 24. The third-order valence-corrected chi connectivity index (χ3v) is 20.4. The number of carbonyl (C=O) groups excluding carboxylic acids is 6. The van der Waals surface area contributed by atoms with Crippen molar-refractivity contribution in [2.24, 2.45) is 5.92 Å². The van der Waals surface area contributed by atoms with Gasteiger partial charge in [0.25, 0.3) is 11.8 Å². The molecule has 0 saturated carbocycles. The summed E-state index contributed by atoms with van der Waals surface area (Å²) in [5.74, 6) is -9.79. The number of carboxylic acids is 4. The van der Waals surface area contributed by atoms with Crippen molar-refractivity contribution in [3.63, 3.8) is 0 Å². The molecule has 3 atom stereocenters. The Hall–Kier alpha value is -11.2. The Bertz CT molecular complexity index is 4330. The molecule has 1 unspecified atom stereocenters. The van der Waals surface area contributed by atoms with Crippen LogP contribution in [0, 0.1) is 5.92 Å². The van der Waals surface area contributed by atoms with Crippen LogP contribution in [0.15, 0.2) is 72.8 Å². The first kappa shape index (κ1) is 85.8. The maximum Gasteiger partial charge on any atom is 0.320 e. The molecule has 0 bridgehead atoms. The fourth-order valence-electron chi connectivity index (χ4n) is 14.2. The number of aromatic nitrogens is 6. The summed E-state index contributed by atoms with van der Waals surface area (Å²) in [7, 11) is 0. The van der Waals surface area contributed by atoms with Crippen LogP contribution in [0.3, 0.4) is 0 Å². The molecule has 6 aromatic rings. The van der Waals surface area contributed by atoms with Gasteiger partial charge in [0.1, 0.15) is 35.1 Å². The highest BCUT2D eigenvalue weighted by Gasteiger charge is 2.35. The first-order chi connectivity index (χ1) is 53.9. The van der Waals surface area contributed by atoms with Crippen molar-refractivity contribution >= 4 is 59.3 Å². The molecule has 5 heterocycles. The normalized spacial score (nSPS) is 16.4. The molecule has 9 rings (SSSR count). The topological polar surface area (TPSA) is 468 Å². The number of benzene rings is 4. The summed E-state index contributed by atoms with van der Waals surface area (Å²) in [6.07, 6.45) is -1.07. The van der Waals surface area contributed by atoms with Gasteiger partial charge in [-0.1, -0.05) is 52.0 Å². The first-order valence-electron chi connectivity index (χ1n) is 38.1. The monoisotopic (exact) mass is 1570 g/mol.